The van der Waals surface area contributed by atoms with Gasteiger partial charge in [0.05, 0.1) is 0 Å². The zero-order valence-electron chi connectivity index (χ0n) is 17.6. The molecule has 1 aromatic rings. The molecule has 0 bridgehead atoms. The molecular formula is C26H31N3. The fourth-order valence-corrected chi connectivity index (χ4v) is 0.489. The summed E-state index contributed by atoms with van der Waals surface area (Å²) in [5.41, 5.74) is 0. The number of nitrogens with one attached hydrogen (secondary N) is 1. The van der Waals surface area contributed by atoms with E-state index < -0.39 is 0 Å². The summed E-state index contributed by atoms with van der Waals surface area (Å²) in [5, 5.41) is 5.99. The summed E-state index contributed by atoms with van der Waals surface area (Å²) in [5.74, 6) is 30.0. The van der Waals surface area contributed by atoms with Crippen molar-refractivity contribution in [2.24, 2.45) is 11.8 Å². The highest BCUT2D eigenvalue weighted by Gasteiger charge is 1.80. The van der Waals surface area contributed by atoms with Gasteiger partial charge in [-0.05, 0) is 82.9 Å². The number of hydrogen-bond donors (Lipinski definition) is 1. The molecule has 0 saturated carbocycles. The van der Waals surface area contributed by atoms with Crippen molar-refractivity contribution >= 4 is 0 Å². The minimum absolute atomic E-state index is 0. The molecule has 0 atom stereocenters. The van der Waals surface area contributed by atoms with E-state index in [4.69, 9.17) is 12.8 Å². The van der Waals surface area contributed by atoms with E-state index in [1.54, 1.807) is 0 Å². The summed E-state index contributed by atoms with van der Waals surface area (Å²) < 4.78 is 0. The van der Waals surface area contributed by atoms with Crippen molar-refractivity contribution in [1.82, 2.24) is 15.2 Å². The quantitative estimate of drug-likeness (QED) is 0.727. The summed E-state index contributed by atoms with van der Waals surface area (Å²) in [7, 11) is 0. The van der Waals surface area contributed by atoms with Gasteiger partial charge in [-0.2, -0.15) is 5.10 Å². The lowest BCUT2D eigenvalue weighted by atomic mass is 10.2. The Labute approximate surface area is 179 Å². The second-order valence-electron chi connectivity index (χ2n) is 5.72. The molecule has 0 aliphatic rings. The van der Waals surface area contributed by atoms with E-state index in [9.17, 15) is 0 Å². The monoisotopic (exact) mass is 385 g/mol. The predicted octanol–water partition coefficient (Wildman–Crippen LogP) is 4.43. The van der Waals surface area contributed by atoms with Crippen molar-refractivity contribution in [2.45, 2.75) is 55.4 Å². The van der Waals surface area contributed by atoms with Crippen LogP contribution in [-0.2, 0) is 0 Å². The van der Waals surface area contributed by atoms with Crippen molar-refractivity contribution in [3.8, 4) is 83.9 Å². The van der Waals surface area contributed by atoms with Gasteiger partial charge < -0.3 is 0 Å². The second-order valence-corrected chi connectivity index (χ2v) is 5.72. The zero-order valence-corrected chi connectivity index (χ0v) is 17.6. The van der Waals surface area contributed by atoms with Crippen molar-refractivity contribution in [1.29, 1.82) is 0 Å². The van der Waals surface area contributed by atoms with Crippen LogP contribution in [0.2, 0.25) is 0 Å². The largest absolute Gasteiger partial charge is 0.266 e. The van der Waals surface area contributed by atoms with E-state index in [1.165, 1.54) is 19.1 Å². The highest BCUT2D eigenvalue weighted by atomic mass is 15.2. The molecule has 0 radical (unpaired) electrons. The summed E-state index contributed by atoms with van der Waals surface area (Å²) in [4.78, 5) is 3.56. The average Bonchev–Trinajstić information content (AvgIpc) is 3.23. The summed E-state index contributed by atoms with van der Waals surface area (Å²) in [6, 6.07) is 0. The van der Waals surface area contributed by atoms with Crippen LogP contribution in [0.5, 0.6) is 0 Å². The van der Waals surface area contributed by atoms with Gasteiger partial charge in [-0.1, -0.05) is 55.4 Å². The highest BCUT2D eigenvalue weighted by molar-refractivity contribution is 5.44. The van der Waals surface area contributed by atoms with Gasteiger partial charge in [0.15, 0.2) is 0 Å². The SMILES string of the molecule is C.C#CC#CC#CC#CC#CC#CC#C.CC(C)C.CCC(C)C.c1nc[nH]n1. The molecule has 0 aliphatic heterocycles. The van der Waals surface area contributed by atoms with Crippen LogP contribution < -0.4 is 0 Å². The maximum atomic E-state index is 4.86. The lowest BCUT2D eigenvalue weighted by Gasteiger charge is -1.90. The number of nitrogens with zero attached hydrogens (tertiary/aromatic N) is 2. The lowest BCUT2D eigenvalue weighted by Crippen LogP contribution is -1.77. The Morgan fingerprint density at radius 1 is 0.759 bits per heavy atom. The number of terminal acetylenes is 2. The summed E-state index contributed by atoms with van der Waals surface area (Å²) in [6.45, 7) is 13.1. The smallest absolute Gasteiger partial charge is 0.137 e. The number of aromatic nitrogens is 3. The fourth-order valence-electron chi connectivity index (χ4n) is 0.489. The van der Waals surface area contributed by atoms with Crippen LogP contribution in [0.1, 0.15) is 55.4 Å². The average molecular weight is 386 g/mol. The van der Waals surface area contributed by atoms with Crippen LogP contribution in [0.4, 0.5) is 0 Å². The number of rotatable bonds is 1. The maximum Gasteiger partial charge on any atom is 0.137 e. The number of aromatic amines is 1. The molecule has 3 heteroatoms. The van der Waals surface area contributed by atoms with Crippen LogP contribution >= 0.6 is 0 Å². The Hall–Kier alpha value is -3.94. The minimum atomic E-state index is 0. The van der Waals surface area contributed by atoms with E-state index in [2.05, 4.69) is 128 Å². The molecular weight excluding hydrogens is 354 g/mol. The molecule has 1 rings (SSSR count). The molecule has 0 unspecified atom stereocenters. The number of H-pyrrole nitrogens is 1. The summed E-state index contributed by atoms with van der Waals surface area (Å²) >= 11 is 0. The Morgan fingerprint density at radius 3 is 1.21 bits per heavy atom. The first-order valence-corrected chi connectivity index (χ1v) is 8.62. The Bertz CT molecular complexity index is 789. The molecule has 0 amide bonds. The van der Waals surface area contributed by atoms with E-state index in [0.29, 0.717) is 0 Å². The molecule has 29 heavy (non-hydrogen) atoms. The molecule has 0 aromatic carbocycles. The van der Waals surface area contributed by atoms with E-state index in [1.807, 2.05) is 0 Å². The highest BCUT2D eigenvalue weighted by Crippen LogP contribution is 1.93. The van der Waals surface area contributed by atoms with Crippen LogP contribution in [0, 0.1) is 95.7 Å². The normalized spacial score (nSPS) is 6.00. The third-order valence-corrected chi connectivity index (χ3v) is 1.85. The third kappa shape index (κ3) is 59.2. The zero-order chi connectivity index (χ0) is 21.9. The van der Waals surface area contributed by atoms with E-state index in [-0.39, 0.29) is 7.43 Å². The molecule has 150 valence electrons. The van der Waals surface area contributed by atoms with Gasteiger partial charge in [0.2, 0.25) is 0 Å². The lowest BCUT2D eigenvalue weighted by molar-refractivity contribution is 0.626. The van der Waals surface area contributed by atoms with Crippen LogP contribution in [-0.4, -0.2) is 15.2 Å². The van der Waals surface area contributed by atoms with Crippen LogP contribution in [0.3, 0.4) is 0 Å². The molecule has 1 N–H and O–H groups in total. The van der Waals surface area contributed by atoms with Gasteiger partial charge in [0.25, 0.3) is 0 Å². The number of hydrogen-bond acceptors (Lipinski definition) is 2. The van der Waals surface area contributed by atoms with E-state index >= 15 is 0 Å². The topological polar surface area (TPSA) is 41.6 Å². The first kappa shape index (κ1) is 32.7. The predicted molar refractivity (Wildman–Crippen MR) is 125 cm³/mol. The van der Waals surface area contributed by atoms with Gasteiger partial charge >= 0.3 is 0 Å². The van der Waals surface area contributed by atoms with Gasteiger partial charge in [0.1, 0.15) is 12.7 Å². The summed E-state index contributed by atoms with van der Waals surface area (Å²) in [6.07, 6.45) is 14.0. The Kier molecular flexibility index (Phi) is 35.9. The molecule has 3 nitrogen and oxygen atoms in total. The van der Waals surface area contributed by atoms with Gasteiger partial charge in [-0.3, -0.25) is 5.10 Å². The fraction of sp³-hybridized carbons (Fsp3) is 0.385. The van der Waals surface area contributed by atoms with Crippen molar-refractivity contribution in [2.75, 3.05) is 0 Å². The van der Waals surface area contributed by atoms with Gasteiger partial charge in [-0.15, -0.1) is 12.8 Å². The Balaban J connectivity index is -0.000000170. The standard InChI is InChI=1S/C14H2.C5H12.C4H10.C2H3N3.CH4/c1-3-5-7-9-11-13-14-12-10-8-6-4-2;1-4-5(2)3;1-4(2)3;1-3-2-5-4-1;/h1-2H;5H,4H2,1-3H3;4H,1-3H3;1-2H,(H,3,4,5);1H4. The van der Waals surface area contributed by atoms with Crippen molar-refractivity contribution < 1.29 is 0 Å². The van der Waals surface area contributed by atoms with Crippen molar-refractivity contribution in [3.05, 3.63) is 12.7 Å². The van der Waals surface area contributed by atoms with Gasteiger partial charge in [-0.25, -0.2) is 4.98 Å². The molecule has 0 fully saturated rings. The maximum absolute atomic E-state index is 4.86. The molecule has 0 spiro atoms. The third-order valence-electron chi connectivity index (χ3n) is 1.85. The Morgan fingerprint density at radius 2 is 1.07 bits per heavy atom. The molecule has 1 heterocycles. The first-order valence-electron chi connectivity index (χ1n) is 8.62. The van der Waals surface area contributed by atoms with Crippen molar-refractivity contribution in [3.63, 3.8) is 0 Å². The first-order chi connectivity index (χ1) is 13.4. The molecule has 0 saturated heterocycles. The second kappa shape index (κ2) is 31.8. The minimum Gasteiger partial charge on any atom is -0.266 e. The molecule has 1 aromatic heterocycles. The van der Waals surface area contributed by atoms with Gasteiger partial charge in [0, 0.05) is 0 Å². The molecule has 0 aliphatic carbocycles. The van der Waals surface area contributed by atoms with E-state index in [0.717, 1.165) is 11.8 Å². The van der Waals surface area contributed by atoms with Crippen LogP contribution in [0.25, 0.3) is 0 Å². The van der Waals surface area contributed by atoms with Crippen LogP contribution in [0.15, 0.2) is 12.7 Å².